The minimum Gasteiger partial charge on any atom is -0.294 e. The lowest BCUT2D eigenvalue weighted by Gasteiger charge is -2.03. The second-order valence-electron chi connectivity index (χ2n) is 4.06. The van der Waals surface area contributed by atoms with E-state index in [1.54, 1.807) is 0 Å². The van der Waals surface area contributed by atoms with E-state index in [1.165, 1.54) is 24.3 Å². The number of carbonyl (C=O) groups excluding carboxylic acids is 1. The van der Waals surface area contributed by atoms with E-state index in [9.17, 15) is 13.6 Å². The average Bonchev–Trinajstić information content (AvgIpc) is 2.69. The minimum atomic E-state index is -0.823. The van der Waals surface area contributed by atoms with Gasteiger partial charge in [-0.25, -0.2) is 13.8 Å². The van der Waals surface area contributed by atoms with Crippen LogP contribution in [0, 0.1) is 25.5 Å². The number of thiazole rings is 1. The molecule has 0 saturated heterocycles. The number of Topliss-reactive ketones (excluding diaryl/α,β-unsaturated/α-hetero) is 1. The lowest BCUT2D eigenvalue weighted by molar-refractivity contribution is 0.0989. The first-order valence-electron chi connectivity index (χ1n) is 5.37. The van der Waals surface area contributed by atoms with Crippen LogP contribution in [0.15, 0.2) is 17.5 Å². The van der Waals surface area contributed by atoms with E-state index >= 15 is 0 Å². The molecule has 0 fully saturated rings. The molecule has 0 aliphatic heterocycles. The second kappa shape index (κ2) is 4.94. The monoisotopic (exact) mass is 267 g/mol. The van der Waals surface area contributed by atoms with Gasteiger partial charge in [0.1, 0.15) is 16.6 Å². The second-order valence-corrected chi connectivity index (χ2v) is 5.01. The van der Waals surface area contributed by atoms with Crippen molar-refractivity contribution in [1.82, 2.24) is 4.98 Å². The van der Waals surface area contributed by atoms with E-state index in [0.29, 0.717) is 5.01 Å². The van der Waals surface area contributed by atoms with Gasteiger partial charge in [0.05, 0.1) is 12.0 Å². The predicted molar refractivity (Wildman–Crippen MR) is 66.0 cm³/mol. The van der Waals surface area contributed by atoms with Crippen LogP contribution in [-0.4, -0.2) is 10.8 Å². The number of hydrogen-bond acceptors (Lipinski definition) is 3. The fourth-order valence-electron chi connectivity index (χ4n) is 1.59. The molecule has 18 heavy (non-hydrogen) atoms. The van der Waals surface area contributed by atoms with Gasteiger partial charge in [0.2, 0.25) is 0 Å². The third kappa shape index (κ3) is 2.61. The highest BCUT2D eigenvalue weighted by Gasteiger charge is 2.16. The van der Waals surface area contributed by atoms with Crippen LogP contribution < -0.4 is 0 Å². The van der Waals surface area contributed by atoms with Crippen LogP contribution in [0.1, 0.15) is 26.6 Å². The Morgan fingerprint density at radius 2 is 2.00 bits per heavy atom. The molecule has 0 amide bonds. The van der Waals surface area contributed by atoms with Crippen molar-refractivity contribution in [2.24, 2.45) is 0 Å². The smallest absolute Gasteiger partial charge is 0.172 e. The van der Waals surface area contributed by atoms with Crippen LogP contribution in [-0.2, 0) is 6.42 Å². The summed E-state index contributed by atoms with van der Waals surface area (Å²) in [5.74, 6) is -1.85. The maximum atomic E-state index is 13.5. The summed E-state index contributed by atoms with van der Waals surface area (Å²) in [7, 11) is 0. The molecule has 0 radical (unpaired) electrons. The molecule has 0 aliphatic rings. The fourth-order valence-corrected chi connectivity index (χ4v) is 2.36. The van der Waals surface area contributed by atoms with Crippen molar-refractivity contribution in [3.63, 3.8) is 0 Å². The molecule has 1 aromatic carbocycles. The highest BCUT2D eigenvalue weighted by molar-refractivity contribution is 7.09. The number of ketones is 1. The topological polar surface area (TPSA) is 30.0 Å². The van der Waals surface area contributed by atoms with Gasteiger partial charge in [0.25, 0.3) is 0 Å². The Morgan fingerprint density at radius 1 is 1.28 bits per heavy atom. The molecule has 1 heterocycles. The lowest BCUT2D eigenvalue weighted by Crippen LogP contribution is -2.07. The van der Waals surface area contributed by atoms with E-state index < -0.39 is 11.6 Å². The van der Waals surface area contributed by atoms with Gasteiger partial charge in [0, 0.05) is 17.1 Å². The van der Waals surface area contributed by atoms with E-state index in [0.717, 1.165) is 11.8 Å². The third-order valence-electron chi connectivity index (χ3n) is 2.53. The van der Waals surface area contributed by atoms with Gasteiger partial charge in [-0.3, -0.25) is 4.79 Å². The molecule has 94 valence electrons. The number of aryl methyl sites for hydroxylation is 2. The first kappa shape index (κ1) is 12.8. The van der Waals surface area contributed by atoms with Gasteiger partial charge >= 0.3 is 0 Å². The SMILES string of the molecule is Cc1csc(CC(=O)c2cc(C)c(F)cc2F)n1. The molecule has 1 aromatic heterocycles. The minimum absolute atomic E-state index is 0.0422. The first-order chi connectivity index (χ1) is 8.47. The van der Waals surface area contributed by atoms with Gasteiger partial charge in [-0.05, 0) is 25.5 Å². The first-order valence-corrected chi connectivity index (χ1v) is 6.25. The average molecular weight is 267 g/mol. The molecule has 0 aliphatic carbocycles. The summed E-state index contributed by atoms with van der Waals surface area (Å²) in [4.78, 5) is 16.1. The van der Waals surface area contributed by atoms with Crippen molar-refractivity contribution in [3.8, 4) is 0 Å². The van der Waals surface area contributed by atoms with E-state index in [1.807, 2.05) is 12.3 Å². The molecule has 0 spiro atoms. The fraction of sp³-hybridized carbons (Fsp3) is 0.231. The maximum absolute atomic E-state index is 13.5. The van der Waals surface area contributed by atoms with Gasteiger partial charge in [-0.15, -0.1) is 11.3 Å². The highest BCUT2D eigenvalue weighted by Crippen LogP contribution is 2.18. The molecule has 0 N–H and O–H groups in total. The van der Waals surface area contributed by atoms with Crippen LogP contribution in [0.5, 0.6) is 0 Å². The lowest BCUT2D eigenvalue weighted by atomic mass is 10.0. The quantitative estimate of drug-likeness (QED) is 0.797. The highest BCUT2D eigenvalue weighted by atomic mass is 32.1. The van der Waals surface area contributed by atoms with Crippen molar-refractivity contribution >= 4 is 17.1 Å². The zero-order chi connectivity index (χ0) is 13.3. The Balaban J connectivity index is 2.26. The third-order valence-corrected chi connectivity index (χ3v) is 3.49. The van der Waals surface area contributed by atoms with Crippen molar-refractivity contribution < 1.29 is 13.6 Å². The van der Waals surface area contributed by atoms with Crippen LogP contribution in [0.4, 0.5) is 8.78 Å². The predicted octanol–water partition coefficient (Wildman–Crippen LogP) is 3.46. The van der Waals surface area contributed by atoms with Gasteiger partial charge in [-0.1, -0.05) is 0 Å². The van der Waals surface area contributed by atoms with Crippen LogP contribution in [0.2, 0.25) is 0 Å². The summed E-state index contributed by atoms with van der Waals surface area (Å²) < 4.78 is 26.6. The number of carbonyl (C=O) groups is 1. The molecule has 2 nitrogen and oxygen atoms in total. The number of halogens is 2. The molecule has 2 rings (SSSR count). The van der Waals surface area contributed by atoms with Crippen molar-refractivity contribution in [3.05, 3.63) is 51.0 Å². The zero-order valence-corrected chi connectivity index (χ0v) is 10.8. The summed E-state index contributed by atoms with van der Waals surface area (Å²) in [5, 5.41) is 2.47. The summed E-state index contributed by atoms with van der Waals surface area (Å²) >= 11 is 1.36. The molecular formula is C13H11F2NOS. The van der Waals surface area contributed by atoms with Crippen molar-refractivity contribution in [1.29, 1.82) is 0 Å². The number of hydrogen-bond donors (Lipinski definition) is 0. The molecular weight excluding hydrogens is 256 g/mol. The Labute approximate surface area is 107 Å². The Hall–Kier alpha value is -1.62. The summed E-state index contributed by atoms with van der Waals surface area (Å²) in [5.41, 5.74) is 1.01. The van der Waals surface area contributed by atoms with E-state index in [-0.39, 0.29) is 23.3 Å². The Bertz CT molecular complexity index is 607. The number of aromatic nitrogens is 1. The zero-order valence-electron chi connectivity index (χ0n) is 9.96. The van der Waals surface area contributed by atoms with Gasteiger partial charge in [0.15, 0.2) is 5.78 Å². The summed E-state index contributed by atoms with van der Waals surface area (Å²) in [6, 6.07) is 1.99. The van der Waals surface area contributed by atoms with Crippen LogP contribution >= 0.6 is 11.3 Å². The largest absolute Gasteiger partial charge is 0.294 e. The van der Waals surface area contributed by atoms with Gasteiger partial charge < -0.3 is 0 Å². The van der Waals surface area contributed by atoms with Crippen molar-refractivity contribution in [2.75, 3.05) is 0 Å². The number of nitrogens with zero attached hydrogens (tertiary/aromatic N) is 1. The van der Waals surface area contributed by atoms with E-state index in [2.05, 4.69) is 4.98 Å². The molecule has 0 atom stereocenters. The molecule has 0 saturated carbocycles. The number of rotatable bonds is 3. The van der Waals surface area contributed by atoms with Crippen molar-refractivity contribution in [2.45, 2.75) is 20.3 Å². The summed E-state index contributed by atoms with van der Waals surface area (Å²) in [6.45, 7) is 3.33. The number of benzene rings is 1. The normalized spacial score (nSPS) is 10.7. The molecule has 5 heteroatoms. The Kier molecular flexibility index (Phi) is 3.52. The van der Waals surface area contributed by atoms with Crippen LogP contribution in [0.25, 0.3) is 0 Å². The molecule has 2 aromatic rings. The maximum Gasteiger partial charge on any atom is 0.172 e. The standard InChI is InChI=1S/C13H11F2NOS/c1-7-3-9(11(15)4-10(7)14)12(17)5-13-16-8(2)6-18-13/h3-4,6H,5H2,1-2H3. The molecule has 0 unspecified atom stereocenters. The van der Waals surface area contributed by atoms with Crippen LogP contribution in [0.3, 0.4) is 0 Å². The van der Waals surface area contributed by atoms with E-state index in [4.69, 9.17) is 0 Å². The summed E-state index contributed by atoms with van der Waals surface area (Å²) in [6.07, 6.45) is 0.0422. The van der Waals surface area contributed by atoms with Gasteiger partial charge in [-0.2, -0.15) is 0 Å². The Morgan fingerprint density at radius 3 is 2.61 bits per heavy atom. The molecule has 0 bridgehead atoms.